The van der Waals surface area contributed by atoms with E-state index in [0.717, 1.165) is 43.1 Å². The molecule has 40 heavy (non-hydrogen) atoms. The summed E-state index contributed by atoms with van der Waals surface area (Å²) in [6, 6.07) is 9.35. The molecule has 2 N–H and O–H groups in total. The molecule has 4 heterocycles. The summed E-state index contributed by atoms with van der Waals surface area (Å²) in [6.45, 7) is 12.2. The summed E-state index contributed by atoms with van der Waals surface area (Å²) in [5.41, 5.74) is 4.91. The molecule has 212 valence electrons. The summed E-state index contributed by atoms with van der Waals surface area (Å²) >= 11 is 6.66. The third-order valence-corrected chi connectivity index (χ3v) is 7.90. The van der Waals surface area contributed by atoms with Crippen LogP contribution in [0, 0.1) is 6.92 Å². The van der Waals surface area contributed by atoms with Crippen molar-refractivity contribution in [3.8, 4) is 34.0 Å². The molecule has 0 radical (unpaired) electrons. The lowest BCUT2D eigenvalue weighted by molar-refractivity contribution is 0.0729. The van der Waals surface area contributed by atoms with Gasteiger partial charge in [0.1, 0.15) is 17.1 Å². The van der Waals surface area contributed by atoms with Crippen molar-refractivity contribution in [2.45, 2.75) is 39.6 Å². The van der Waals surface area contributed by atoms with Crippen molar-refractivity contribution in [1.82, 2.24) is 19.8 Å². The van der Waals surface area contributed by atoms with Crippen LogP contribution in [0.3, 0.4) is 0 Å². The predicted octanol–water partition coefficient (Wildman–Crippen LogP) is 4.91. The average molecular weight is 565 g/mol. The van der Waals surface area contributed by atoms with Gasteiger partial charge < -0.3 is 29.6 Å². The van der Waals surface area contributed by atoms with E-state index in [1.165, 1.54) is 0 Å². The van der Waals surface area contributed by atoms with Gasteiger partial charge in [-0.1, -0.05) is 17.7 Å². The first-order valence-corrected chi connectivity index (χ1v) is 13.8. The van der Waals surface area contributed by atoms with Gasteiger partial charge in [-0.15, -0.1) is 0 Å². The molecule has 2 aliphatic rings. The number of hydrogen-bond acceptors (Lipinski definition) is 9. The number of hydrogen-bond donors (Lipinski definition) is 2. The van der Waals surface area contributed by atoms with Crippen LogP contribution >= 0.6 is 11.6 Å². The quantitative estimate of drug-likeness (QED) is 0.449. The number of rotatable bonds is 5. The highest BCUT2D eigenvalue weighted by atomic mass is 35.5. The topological polar surface area (TPSA) is 88.4 Å². The summed E-state index contributed by atoms with van der Waals surface area (Å²) in [7, 11) is 3.41. The number of aliphatic hydroxyl groups excluding tert-OH is 1. The largest absolute Gasteiger partial charge is 0.505 e. The summed E-state index contributed by atoms with van der Waals surface area (Å²) in [6.07, 6.45) is 4.41. The van der Waals surface area contributed by atoms with Gasteiger partial charge in [0, 0.05) is 74.2 Å². The Bertz CT molecular complexity index is 1430. The first-order chi connectivity index (χ1) is 19.0. The van der Waals surface area contributed by atoms with Gasteiger partial charge in [0.05, 0.1) is 17.8 Å². The molecule has 0 amide bonds. The number of ether oxygens (including phenoxy) is 1. The molecule has 0 saturated carbocycles. The van der Waals surface area contributed by atoms with Crippen LogP contribution in [0.15, 0.2) is 48.9 Å². The minimum absolute atomic E-state index is 0.0470. The maximum atomic E-state index is 11.5. The van der Waals surface area contributed by atoms with Crippen LogP contribution in [0.25, 0.3) is 22.4 Å². The molecule has 0 bridgehead atoms. The molecular formula is C30H37ClN6O3. The number of piperazine rings is 1. The molecule has 9 nitrogen and oxygen atoms in total. The lowest BCUT2D eigenvalue weighted by atomic mass is 10.0. The van der Waals surface area contributed by atoms with Crippen molar-refractivity contribution >= 4 is 23.0 Å². The fourth-order valence-electron chi connectivity index (χ4n) is 5.28. The van der Waals surface area contributed by atoms with E-state index in [0.29, 0.717) is 33.4 Å². The normalized spacial score (nSPS) is 18.1. The molecular weight excluding hydrogens is 528 g/mol. The zero-order chi connectivity index (χ0) is 28.8. The Morgan fingerprint density at radius 1 is 1.00 bits per heavy atom. The summed E-state index contributed by atoms with van der Waals surface area (Å²) < 4.78 is 5.62. The number of pyridine rings is 2. The number of aliphatic hydroxyl groups is 1. The Kier molecular flexibility index (Phi) is 7.56. The van der Waals surface area contributed by atoms with E-state index in [4.69, 9.17) is 16.3 Å². The molecule has 1 aromatic carbocycles. The lowest BCUT2D eigenvalue weighted by Gasteiger charge is -2.43. The number of aryl methyl sites for hydroxylation is 1. The van der Waals surface area contributed by atoms with E-state index in [1.807, 2.05) is 31.2 Å². The highest BCUT2D eigenvalue weighted by molar-refractivity contribution is 6.33. The predicted molar refractivity (Wildman–Crippen MR) is 160 cm³/mol. The van der Waals surface area contributed by atoms with Gasteiger partial charge in [0.15, 0.2) is 0 Å². The SMILES string of the molecule is COc1ncc(-c2nc(C)cc(-c3ccc(N4C=CN(C)C4O)c(Cl)c3)c2O)cc1N1CCN(C(C)(C)C)CC1. The van der Waals surface area contributed by atoms with E-state index in [2.05, 4.69) is 40.5 Å². The van der Waals surface area contributed by atoms with Crippen LogP contribution in [0.1, 0.15) is 26.5 Å². The van der Waals surface area contributed by atoms with Crippen LogP contribution < -0.4 is 14.5 Å². The first kappa shape index (κ1) is 28.0. The molecule has 0 aliphatic carbocycles. The maximum Gasteiger partial charge on any atom is 0.237 e. The highest BCUT2D eigenvalue weighted by Crippen LogP contribution is 2.42. The van der Waals surface area contributed by atoms with Gasteiger partial charge in [0.2, 0.25) is 12.2 Å². The van der Waals surface area contributed by atoms with Crippen LogP contribution in [0.5, 0.6) is 11.6 Å². The van der Waals surface area contributed by atoms with E-state index in [9.17, 15) is 10.2 Å². The van der Waals surface area contributed by atoms with Crippen LogP contribution in [0.4, 0.5) is 11.4 Å². The smallest absolute Gasteiger partial charge is 0.237 e. The van der Waals surface area contributed by atoms with Crippen molar-refractivity contribution in [1.29, 1.82) is 0 Å². The van der Waals surface area contributed by atoms with Gasteiger partial charge in [-0.05, 0) is 57.5 Å². The van der Waals surface area contributed by atoms with E-state index >= 15 is 0 Å². The fourth-order valence-corrected chi connectivity index (χ4v) is 5.55. The van der Waals surface area contributed by atoms with Crippen LogP contribution in [0.2, 0.25) is 5.02 Å². The van der Waals surface area contributed by atoms with Crippen molar-refractivity contribution in [2.24, 2.45) is 0 Å². The van der Waals surface area contributed by atoms with Gasteiger partial charge in [-0.3, -0.25) is 4.90 Å². The second kappa shape index (κ2) is 10.8. The number of methoxy groups -OCH3 is 1. The van der Waals surface area contributed by atoms with Crippen LogP contribution in [-0.4, -0.2) is 82.2 Å². The molecule has 3 aromatic rings. The molecule has 0 spiro atoms. The first-order valence-electron chi connectivity index (χ1n) is 13.4. The zero-order valence-corrected chi connectivity index (χ0v) is 24.6. The number of nitrogens with zero attached hydrogens (tertiary/aromatic N) is 6. The minimum atomic E-state index is -0.834. The molecule has 10 heteroatoms. The van der Waals surface area contributed by atoms with E-state index < -0.39 is 6.35 Å². The van der Waals surface area contributed by atoms with Crippen molar-refractivity contribution in [3.05, 3.63) is 59.6 Å². The third kappa shape index (κ3) is 5.29. The highest BCUT2D eigenvalue weighted by Gasteiger charge is 2.28. The minimum Gasteiger partial charge on any atom is -0.505 e. The Balaban J connectivity index is 1.48. The Labute approximate surface area is 240 Å². The molecule has 2 aliphatic heterocycles. The van der Waals surface area contributed by atoms with E-state index in [-0.39, 0.29) is 11.3 Å². The summed E-state index contributed by atoms with van der Waals surface area (Å²) in [5, 5.41) is 22.3. The number of aromatic hydroxyl groups is 1. The Hall–Kier alpha value is -3.53. The number of halogens is 1. The van der Waals surface area contributed by atoms with Gasteiger partial charge >= 0.3 is 0 Å². The van der Waals surface area contributed by atoms with Crippen molar-refractivity contribution < 1.29 is 14.9 Å². The monoisotopic (exact) mass is 564 g/mol. The van der Waals surface area contributed by atoms with Gasteiger partial charge in [0.25, 0.3) is 0 Å². The molecule has 1 saturated heterocycles. The number of benzene rings is 1. The lowest BCUT2D eigenvalue weighted by Crippen LogP contribution is -2.53. The van der Waals surface area contributed by atoms with E-state index in [1.54, 1.807) is 48.6 Å². The molecule has 2 aromatic heterocycles. The zero-order valence-electron chi connectivity index (χ0n) is 23.9. The Morgan fingerprint density at radius 2 is 1.73 bits per heavy atom. The van der Waals surface area contributed by atoms with Crippen molar-refractivity contribution in [3.63, 3.8) is 0 Å². The van der Waals surface area contributed by atoms with Crippen LogP contribution in [-0.2, 0) is 0 Å². The number of anilines is 2. The van der Waals surface area contributed by atoms with Gasteiger partial charge in [-0.25, -0.2) is 9.97 Å². The molecule has 1 atom stereocenters. The van der Waals surface area contributed by atoms with Crippen molar-refractivity contribution in [2.75, 3.05) is 50.1 Å². The molecule has 1 unspecified atom stereocenters. The second-order valence-electron chi connectivity index (χ2n) is 11.3. The standard InChI is InChI=1S/C30H37ClN6O3/c1-19-15-22(20-7-8-24(23(31)16-20)37-14-9-34(5)29(37)39)27(38)26(33-19)21-17-25(28(40-6)32-18-21)35-10-12-36(13-11-35)30(2,3)4/h7-9,14-18,29,38-39H,10-13H2,1-6H3. The fraction of sp³-hybridized carbons (Fsp3) is 0.400. The number of aromatic nitrogens is 2. The Morgan fingerprint density at radius 3 is 2.33 bits per heavy atom. The third-order valence-electron chi connectivity index (χ3n) is 7.60. The summed E-state index contributed by atoms with van der Waals surface area (Å²) in [5.74, 6) is 0.595. The van der Waals surface area contributed by atoms with Gasteiger partial charge in [-0.2, -0.15) is 0 Å². The molecule has 1 fully saturated rings. The maximum absolute atomic E-state index is 11.5. The summed E-state index contributed by atoms with van der Waals surface area (Å²) in [4.78, 5) is 17.4. The molecule has 5 rings (SSSR count). The second-order valence-corrected chi connectivity index (χ2v) is 11.7. The average Bonchev–Trinajstić information content (AvgIpc) is 3.26.